The van der Waals surface area contributed by atoms with Crippen LogP contribution >= 0.6 is 11.8 Å². The van der Waals surface area contributed by atoms with Gasteiger partial charge in [-0.3, -0.25) is 4.79 Å². The summed E-state index contributed by atoms with van der Waals surface area (Å²) in [5, 5.41) is 0. The van der Waals surface area contributed by atoms with E-state index in [1.807, 2.05) is 42.1 Å². The van der Waals surface area contributed by atoms with Crippen LogP contribution in [0.25, 0.3) is 0 Å². The fourth-order valence-electron chi connectivity index (χ4n) is 3.18. The van der Waals surface area contributed by atoms with Crippen LogP contribution < -0.4 is 0 Å². The molecule has 0 N–H and O–H groups in total. The van der Waals surface area contributed by atoms with E-state index in [-0.39, 0.29) is 11.5 Å². The van der Waals surface area contributed by atoms with Gasteiger partial charge in [0.2, 0.25) is 0 Å². The van der Waals surface area contributed by atoms with Crippen LogP contribution in [0, 0.1) is 5.92 Å². The Morgan fingerprint density at radius 1 is 1.21 bits per heavy atom. The van der Waals surface area contributed by atoms with Crippen molar-refractivity contribution in [2.24, 2.45) is 5.92 Å². The Balaban J connectivity index is 1.73. The molecule has 1 aromatic carbocycles. The summed E-state index contributed by atoms with van der Waals surface area (Å²) in [5.74, 6) is 2.80. The molecular weight excluding hydrogens is 256 g/mol. The third-order valence-corrected chi connectivity index (χ3v) is 5.31. The number of Topliss-reactive ketones (excluding diaryl/α,β-unsaturated/α-hetero) is 1. The second kappa shape index (κ2) is 5.68. The second-order valence-electron chi connectivity index (χ2n) is 5.56. The predicted octanol–water partition coefficient (Wildman–Crippen LogP) is 3.56. The van der Waals surface area contributed by atoms with E-state index in [0.29, 0.717) is 5.78 Å². The molecule has 1 atom stereocenters. The van der Waals surface area contributed by atoms with E-state index < -0.39 is 0 Å². The number of carbonyl (C=O) groups excluding carboxylic acids is 1. The SMILES string of the molecule is O=C(c1ccccc1)C1CCOC2(CCSCC2)C1. The third-order valence-electron chi connectivity index (χ3n) is 4.33. The van der Waals surface area contributed by atoms with Gasteiger partial charge in [-0.05, 0) is 37.2 Å². The van der Waals surface area contributed by atoms with Crippen LogP contribution in [0.4, 0.5) is 0 Å². The maximum absolute atomic E-state index is 12.6. The van der Waals surface area contributed by atoms with E-state index >= 15 is 0 Å². The molecule has 19 heavy (non-hydrogen) atoms. The van der Waals surface area contributed by atoms with Crippen LogP contribution in [0.1, 0.15) is 36.0 Å². The molecule has 0 bridgehead atoms. The Labute approximate surface area is 118 Å². The zero-order valence-corrected chi connectivity index (χ0v) is 12.0. The van der Waals surface area contributed by atoms with Crippen LogP contribution in [0.5, 0.6) is 0 Å². The highest BCUT2D eigenvalue weighted by molar-refractivity contribution is 7.99. The average Bonchev–Trinajstić information content (AvgIpc) is 2.48. The number of thioether (sulfide) groups is 1. The average molecular weight is 276 g/mol. The van der Waals surface area contributed by atoms with E-state index in [2.05, 4.69) is 0 Å². The topological polar surface area (TPSA) is 26.3 Å². The maximum Gasteiger partial charge on any atom is 0.166 e. The molecule has 3 heteroatoms. The molecule has 2 heterocycles. The summed E-state index contributed by atoms with van der Waals surface area (Å²) in [6.07, 6.45) is 4.01. The molecule has 0 saturated carbocycles. The van der Waals surface area contributed by atoms with E-state index in [0.717, 1.165) is 37.9 Å². The van der Waals surface area contributed by atoms with E-state index in [9.17, 15) is 4.79 Å². The quantitative estimate of drug-likeness (QED) is 0.773. The largest absolute Gasteiger partial charge is 0.375 e. The number of hydrogen-bond acceptors (Lipinski definition) is 3. The first-order valence-electron chi connectivity index (χ1n) is 7.10. The van der Waals surface area contributed by atoms with Crippen molar-refractivity contribution in [3.63, 3.8) is 0 Å². The molecule has 2 aliphatic heterocycles. The van der Waals surface area contributed by atoms with Crippen LogP contribution in [0.3, 0.4) is 0 Å². The van der Waals surface area contributed by atoms with Crippen molar-refractivity contribution in [1.29, 1.82) is 0 Å². The molecular formula is C16H20O2S. The smallest absolute Gasteiger partial charge is 0.166 e. The van der Waals surface area contributed by atoms with Crippen molar-refractivity contribution >= 4 is 17.5 Å². The fourth-order valence-corrected chi connectivity index (χ4v) is 4.42. The van der Waals surface area contributed by atoms with Gasteiger partial charge in [-0.25, -0.2) is 0 Å². The highest BCUT2D eigenvalue weighted by Gasteiger charge is 2.40. The van der Waals surface area contributed by atoms with Gasteiger partial charge < -0.3 is 4.74 Å². The lowest BCUT2D eigenvalue weighted by atomic mass is 9.79. The molecule has 1 unspecified atom stereocenters. The molecule has 1 spiro atoms. The van der Waals surface area contributed by atoms with Gasteiger partial charge in [0.25, 0.3) is 0 Å². The van der Waals surface area contributed by atoms with E-state index in [4.69, 9.17) is 4.74 Å². The van der Waals surface area contributed by atoms with Gasteiger partial charge in [0.15, 0.2) is 5.78 Å². The van der Waals surface area contributed by atoms with E-state index in [1.165, 1.54) is 11.5 Å². The molecule has 2 nitrogen and oxygen atoms in total. The Morgan fingerprint density at radius 3 is 2.68 bits per heavy atom. The molecule has 102 valence electrons. The van der Waals surface area contributed by atoms with Gasteiger partial charge in [0.05, 0.1) is 5.60 Å². The zero-order chi connectivity index (χ0) is 13.1. The summed E-state index contributed by atoms with van der Waals surface area (Å²) in [6, 6.07) is 9.71. The highest BCUT2D eigenvalue weighted by Crippen LogP contribution is 2.40. The maximum atomic E-state index is 12.6. The van der Waals surface area contributed by atoms with Gasteiger partial charge in [-0.2, -0.15) is 11.8 Å². The first kappa shape index (κ1) is 13.2. The van der Waals surface area contributed by atoms with Gasteiger partial charge in [-0.15, -0.1) is 0 Å². The lowest BCUT2D eigenvalue weighted by molar-refractivity contribution is -0.0959. The Kier molecular flexibility index (Phi) is 3.94. The summed E-state index contributed by atoms with van der Waals surface area (Å²) in [7, 11) is 0. The van der Waals surface area contributed by atoms with Crippen LogP contribution in [-0.4, -0.2) is 29.5 Å². The first-order chi connectivity index (χ1) is 9.29. The molecule has 0 aromatic heterocycles. The second-order valence-corrected chi connectivity index (χ2v) is 6.79. The van der Waals surface area contributed by atoms with Crippen molar-refractivity contribution in [3.05, 3.63) is 35.9 Å². The lowest BCUT2D eigenvalue weighted by Gasteiger charge is -2.42. The summed E-state index contributed by atoms with van der Waals surface area (Å²) < 4.78 is 6.06. The Morgan fingerprint density at radius 2 is 1.95 bits per heavy atom. The summed E-state index contributed by atoms with van der Waals surface area (Å²) in [4.78, 5) is 12.6. The number of rotatable bonds is 2. The van der Waals surface area contributed by atoms with Crippen molar-refractivity contribution in [3.8, 4) is 0 Å². The molecule has 0 aliphatic carbocycles. The number of benzene rings is 1. The van der Waals surface area contributed by atoms with Crippen LogP contribution in [0.2, 0.25) is 0 Å². The minimum Gasteiger partial charge on any atom is -0.375 e. The Hall–Kier alpha value is -0.800. The summed E-state index contributed by atoms with van der Waals surface area (Å²) >= 11 is 2.00. The fraction of sp³-hybridized carbons (Fsp3) is 0.562. The molecule has 2 aliphatic rings. The van der Waals surface area contributed by atoms with Gasteiger partial charge >= 0.3 is 0 Å². The summed E-state index contributed by atoms with van der Waals surface area (Å²) in [6.45, 7) is 0.744. The van der Waals surface area contributed by atoms with Crippen molar-refractivity contribution in [2.45, 2.75) is 31.3 Å². The molecule has 2 fully saturated rings. The third kappa shape index (κ3) is 2.87. The summed E-state index contributed by atoms with van der Waals surface area (Å²) in [5.41, 5.74) is 0.855. The first-order valence-corrected chi connectivity index (χ1v) is 8.26. The molecule has 2 saturated heterocycles. The van der Waals surface area contributed by atoms with E-state index in [1.54, 1.807) is 0 Å². The minimum atomic E-state index is -0.00138. The standard InChI is InChI=1S/C16H20O2S/c17-15(13-4-2-1-3-5-13)14-6-9-18-16(12-14)7-10-19-11-8-16/h1-5,14H,6-12H2. The highest BCUT2D eigenvalue weighted by atomic mass is 32.2. The number of ketones is 1. The molecule has 3 rings (SSSR count). The van der Waals surface area contributed by atoms with Crippen LogP contribution in [0.15, 0.2) is 30.3 Å². The molecule has 0 amide bonds. The molecule has 0 radical (unpaired) electrons. The van der Waals surface area contributed by atoms with Gasteiger partial charge in [-0.1, -0.05) is 30.3 Å². The van der Waals surface area contributed by atoms with Crippen LogP contribution in [-0.2, 0) is 4.74 Å². The number of carbonyl (C=O) groups is 1. The van der Waals surface area contributed by atoms with Gasteiger partial charge in [0.1, 0.15) is 0 Å². The minimum absolute atomic E-state index is 0.00138. The molecule has 1 aromatic rings. The predicted molar refractivity (Wildman–Crippen MR) is 78.7 cm³/mol. The zero-order valence-electron chi connectivity index (χ0n) is 11.1. The normalized spacial score (nSPS) is 26.2. The monoisotopic (exact) mass is 276 g/mol. The van der Waals surface area contributed by atoms with Crippen molar-refractivity contribution in [1.82, 2.24) is 0 Å². The number of hydrogen-bond donors (Lipinski definition) is 0. The van der Waals surface area contributed by atoms with Gasteiger partial charge in [0, 0.05) is 18.1 Å². The lowest BCUT2D eigenvalue weighted by Crippen LogP contribution is -2.44. The Bertz CT molecular complexity index is 432. The number of ether oxygens (including phenoxy) is 1. The van der Waals surface area contributed by atoms with Crippen molar-refractivity contribution in [2.75, 3.05) is 18.1 Å². The van der Waals surface area contributed by atoms with Crippen molar-refractivity contribution < 1.29 is 9.53 Å².